The number of aliphatic carboxylic acids is 3. The Labute approximate surface area is 147 Å². The number of nitrogens with one attached hydrogen (secondary N) is 3. The minimum atomic E-state index is -1.75. The van der Waals surface area contributed by atoms with Gasteiger partial charge in [-0.3, -0.25) is 24.0 Å². The minimum Gasteiger partial charge on any atom is -0.481 e. The van der Waals surface area contributed by atoms with Gasteiger partial charge in [-0.05, 0) is 13.3 Å². The van der Waals surface area contributed by atoms with Crippen molar-refractivity contribution in [3.63, 3.8) is 0 Å². The number of carboxylic acid groups (broad SMARTS) is 3. The lowest BCUT2D eigenvalue weighted by atomic mass is 10.1. The zero-order chi connectivity index (χ0) is 20.4. The maximum Gasteiger partial charge on any atom is 0.326 e. The summed E-state index contributed by atoms with van der Waals surface area (Å²) in [5, 5.41) is 32.7. The van der Waals surface area contributed by atoms with Crippen LogP contribution in [0, 0.1) is 0 Å². The first-order valence-electron chi connectivity index (χ1n) is 7.48. The first kappa shape index (κ1) is 22.8. The van der Waals surface area contributed by atoms with E-state index in [0.717, 1.165) is 0 Å². The Morgan fingerprint density at radius 1 is 0.808 bits per heavy atom. The molecule has 0 aliphatic carbocycles. The van der Waals surface area contributed by atoms with Crippen LogP contribution in [0.2, 0.25) is 0 Å². The molecule has 0 aliphatic rings. The second-order valence-corrected chi connectivity index (χ2v) is 5.41. The molecule has 0 spiro atoms. The molecule has 0 aromatic heterocycles. The van der Waals surface area contributed by atoms with Crippen molar-refractivity contribution in [1.82, 2.24) is 16.0 Å². The number of carboxylic acids is 3. The van der Waals surface area contributed by atoms with Crippen LogP contribution in [0.3, 0.4) is 0 Å². The quantitative estimate of drug-likeness (QED) is 0.234. The lowest BCUT2D eigenvalue weighted by molar-refractivity contribution is -0.147. The molecule has 0 aromatic rings. The van der Waals surface area contributed by atoms with Crippen LogP contribution < -0.4 is 16.0 Å². The molecule has 3 atom stereocenters. The highest BCUT2D eigenvalue weighted by atomic mass is 16.4. The first-order valence-corrected chi connectivity index (χ1v) is 7.48. The molecule has 0 radical (unpaired) electrons. The van der Waals surface area contributed by atoms with Crippen LogP contribution >= 0.6 is 0 Å². The molecule has 12 nitrogen and oxygen atoms in total. The second-order valence-electron chi connectivity index (χ2n) is 5.41. The topological polar surface area (TPSA) is 199 Å². The van der Waals surface area contributed by atoms with Crippen LogP contribution in [0.5, 0.6) is 0 Å². The zero-order valence-electron chi connectivity index (χ0n) is 14.1. The number of carbonyl (C=O) groups excluding carboxylic acids is 3. The average Bonchev–Trinajstić information content (AvgIpc) is 2.48. The van der Waals surface area contributed by atoms with Crippen LogP contribution in [-0.4, -0.2) is 69.1 Å². The van der Waals surface area contributed by atoms with E-state index in [9.17, 15) is 28.8 Å². The van der Waals surface area contributed by atoms with Gasteiger partial charge in [-0.15, -0.1) is 0 Å². The SMILES string of the molecule is CC(=O)N[C@@H](C)C(=O)N[C@@H](CCC(=O)O)C(=O)N[C@@H](CC(=O)O)C(=O)O. The lowest BCUT2D eigenvalue weighted by Crippen LogP contribution is -2.55. The molecule has 0 bridgehead atoms. The molecule has 0 saturated carbocycles. The molecule has 0 rings (SSSR count). The molecular formula is C14H21N3O9. The van der Waals surface area contributed by atoms with Gasteiger partial charge in [-0.2, -0.15) is 0 Å². The highest BCUT2D eigenvalue weighted by Gasteiger charge is 2.29. The fourth-order valence-corrected chi connectivity index (χ4v) is 1.85. The Morgan fingerprint density at radius 3 is 1.77 bits per heavy atom. The van der Waals surface area contributed by atoms with Crippen molar-refractivity contribution in [3.05, 3.63) is 0 Å². The van der Waals surface area contributed by atoms with Gasteiger partial charge in [0.2, 0.25) is 17.7 Å². The van der Waals surface area contributed by atoms with Gasteiger partial charge in [0.25, 0.3) is 0 Å². The molecular weight excluding hydrogens is 354 g/mol. The first-order chi connectivity index (χ1) is 11.9. The van der Waals surface area contributed by atoms with E-state index in [-0.39, 0.29) is 6.42 Å². The molecule has 0 heterocycles. The molecule has 3 amide bonds. The van der Waals surface area contributed by atoms with Crippen molar-refractivity contribution in [2.75, 3.05) is 0 Å². The fourth-order valence-electron chi connectivity index (χ4n) is 1.85. The van der Waals surface area contributed by atoms with Gasteiger partial charge in [0.05, 0.1) is 6.42 Å². The molecule has 26 heavy (non-hydrogen) atoms. The van der Waals surface area contributed by atoms with Crippen LogP contribution in [0.15, 0.2) is 0 Å². The standard InChI is InChI=1S/C14H21N3O9/c1-6(15-7(2)18)12(23)16-8(3-4-10(19)20)13(24)17-9(14(25)26)5-11(21)22/h6,8-9H,3-5H2,1-2H3,(H,15,18)(H,16,23)(H,17,24)(H,19,20)(H,21,22)(H,25,26)/t6-,8-,9-/m0/s1. The van der Waals surface area contributed by atoms with E-state index in [2.05, 4.69) is 10.6 Å². The predicted octanol–water partition coefficient (Wildman–Crippen LogP) is -2.10. The summed E-state index contributed by atoms with van der Waals surface area (Å²) in [5.74, 6) is -6.68. The maximum atomic E-state index is 12.2. The summed E-state index contributed by atoms with van der Waals surface area (Å²) in [6.07, 6.45) is -1.77. The van der Waals surface area contributed by atoms with Gasteiger partial charge in [-0.25, -0.2) is 4.79 Å². The van der Waals surface area contributed by atoms with E-state index in [1.807, 2.05) is 5.32 Å². The number of hydrogen-bond donors (Lipinski definition) is 6. The van der Waals surface area contributed by atoms with Crippen molar-refractivity contribution in [1.29, 1.82) is 0 Å². The Hall–Kier alpha value is -3.18. The van der Waals surface area contributed by atoms with Crippen LogP contribution in [0.25, 0.3) is 0 Å². The van der Waals surface area contributed by atoms with E-state index in [4.69, 9.17) is 15.3 Å². The summed E-state index contributed by atoms with van der Waals surface area (Å²) in [5.41, 5.74) is 0. The maximum absolute atomic E-state index is 12.2. The summed E-state index contributed by atoms with van der Waals surface area (Å²) in [4.78, 5) is 67.4. The smallest absolute Gasteiger partial charge is 0.326 e. The molecule has 0 fully saturated rings. The summed E-state index contributed by atoms with van der Waals surface area (Å²) in [6.45, 7) is 2.50. The van der Waals surface area contributed by atoms with E-state index in [1.165, 1.54) is 13.8 Å². The van der Waals surface area contributed by atoms with Gasteiger partial charge in [0.1, 0.15) is 18.1 Å². The van der Waals surface area contributed by atoms with Gasteiger partial charge in [0, 0.05) is 13.3 Å². The molecule has 6 N–H and O–H groups in total. The largest absolute Gasteiger partial charge is 0.481 e. The van der Waals surface area contributed by atoms with Crippen molar-refractivity contribution < 1.29 is 44.1 Å². The normalized spacial score (nSPS) is 13.6. The van der Waals surface area contributed by atoms with Crippen LogP contribution in [-0.2, 0) is 28.8 Å². The minimum absolute atomic E-state index is 0.362. The van der Waals surface area contributed by atoms with E-state index < -0.39 is 66.6 Å². The number of amides is 3. The lowest BCUT2D eigenvalue weighted by Gasteiger charge is -2.22. The van der Waals surface area contributed by atoms with Gasteiger partial charge in [-0.1, -0.05) is 0 Å². The third-order valence-corrected chi connectivity index (χ3v) is 3.09. The molecule has 0 aromatic carbocycles. The third-order valence-electron chi connectivity index (χ3n) is 3.09. The molecule has 0 unspecified atom stereocenters. The Morgan fingerprint density at radius 2 is 1.35 bits per heavy atom. The summed E-state index contributed by atoms with van der Waals surface area (Å²) in [7, 11) is 0. The van der Waals surface area contributed by atoms with Gasteiger partial charge in [0.15, 0.2) is 0 Å². The fraction of sp³-hybridized carbons (Fsp3) is 0.571. The summed E-state index contributed by atoms with van der Waals surface area (Å²) >= 11 is 0. The number of carbonyl (C=O) groups is 6. The second kappa shape index (κ2) is 10.6. The number of rotatable bonds is 11. The van der Waals surface area contributed by atoms with Crippen molar-refractivity contribution >= 4 is 35.6 Å². The predicted molar refractivity (Wildman–Crippen MR) is 83.9 cm³/mol. The van der Waals surface area contributed by atoms with Crippen molar-refractivity contribution in [3.8, 4) is 0 Å². The molecule has 12 heteroatoms. The van der Waals surface area contributed by atoms with E-state index >= 15 is 0 Å². The third kappa shape index (κ3) is 9.20. The van der Waals surface area contributed by atoms with E-state index in [1.54, 1.807) is 0 Å². The highest BCUT2D eigenvalue weighted by molar-refractivity contribution is 5.93. The highest BCUT2D eigenvalue weighted by Crippen LogP contribution is 2.02. The van der Waals surface area contributed by atoms with Crippen LogP contribution in [0.4, 0.5) is 0 Å². The molecule has 0 aliphatic heterocycles. The van der Waals surface area contributed by atoms with Crippen LogP contribution in [0.1, 0.15) is 33.1 Å². The molecule has 146 valence electrons. The zero-order valence-corrected chi connectivity index (χ0v) is 14.1. The Bertz CT molecular complexity index is 590. The number of hydrogen-bond acceptors (Lipinski definition) is 6. The Balaban J connectivity index is 5.14. The average molecular weight is 375 g/mol. The molecule has 0 saturated heterocycles. The summed E-state index contributed by atoms with van der Waals surface area (Å²) < 4.78 is 0. The van der Waals surface area contributed by atoms with Gasteiger partial charge < -0.3 is 31.3 Å². The van der Waals surface area contributed by atoms with Crippen molar-refractivity contribution in [2.24, 2.45) is 0 Å². The Kier molecular flexibility index (Phi) is 9.34. The van der Waals surface area contributed by atoms with Gasteiger partial charge >= 0.3 is 17.9 Å². The summed E-state index contributed by atoms with van der Waals surface area (Å²) in [6, 6.07) is -4.20. The van der Waals surface area contributed by atoms with Crippen molar-refractivity contribution in [2.45, 2.75) is 51.2 Å². The van der Waals surface area contributed by atoms with E-state index in [0.29, 0.717) is 0 Å². The monoisotopic (exact) mass is 375 g/mol.